The molecule has 2 heterocycles. The molecule has 0 bridgehead atoms. The highest BCUT2D eigenvalue weighted by Crippen LogP contribution is 2.26. The fraction of sp³-hybridized carbons (Fsp3) is 0. The van der Waals surface area contributed by atoms with Crippen molar-refractivity contribution >= 4 is 41.2 Å². The number of hydrogen-bond donors (Lipinski definition) is 2. The molecule has 24 heavy (non-hydrogen) atoms. The van der Waals surface area contributed by atoms with Crippen LogP contribution in [-0.4, -0.2) is 27.9 Å². The van der Waals surface area contributed by atoms with E-state index in [1.807, 2.05) is 0 Å². The van der Waals surface area contributed by atoms with E-state index < -0.39 is 17.8 Å². The lowest BCUT2D eigenvalue weighted by Crippen LogP contribution is -2.54. The predicted octanol–water partition coefficient (Wildman–Crippen LogP) is 2.11. The van der Waals surface area contributed by atoms with E-state index in [0.29, 0.717) is 5.56 Å². The average Bonchev–Trinajstić information content (AvgIpc) is 2.55. The van der Waals surface area contributed by atoms with Gasteiger partial charge in [-0.25, -0.2) is 9.69 Å². The number of carbonyl (C=O) groups is 3. The van der Waals surface area contributed by atoms with Crippen molar-refractivity contribution in [1.82, 2.24) is 10.3 Å². The van der Waals surface area contributed by atoms with E-state index >= 15 is 0 Å². The number of benzene rings is 1. The summed E-state index contributed by atoms with van der Waals surface area (Å²) in [6.45, 7) is 0. The highest BCUT2D eigenvalue weighted by Gasteiger charge is 2.36. The first kappa shape index (κ1) is 15.7. The second-order valence-corrected chi connectivity index (χ2v) is 5.28. The second kappa shape index (κ2) is 6.13. The molecule has 8 heteroatoms. The van der Waals surface area contributed by atoms with E-state index in [2.05, 4.69) is 10.3 Å². The Kier molecular flexibility index (Phi) is 4.01. The van der Waals surface area contributed by atoms with Crippen LogP contribution in [0.1, 0.15) is 5.56 Å². The lowest BCUT2D eigenvalue weighted by Gasteiger charge is -2.26. The molecule has 0 unspecified atom stereocenters. The van der Waals surface area contributed by atoms with Gasteiger partial charge in [0.2, 0.25) is 0 Å². The molecule has 1 aliphatic heterocycles. The summed E-state index contributed by atoms with van der Waals surface area (Å²) in [5, 5.41) is 11.6. The standard InChI is InChI=1S/C16H10ClN3O4/c17-12-8-9(1-2-13(12)21)7-11-14(22)19-16(24)20(15(11)23)10-3-5-18-6-4-10/h1-8,21H,(H,19,22,24)/b11-7+. The Balaban J connectivity index is 2.02. The van der Waals surface area contributed by atoms with Crippen LogP contribution in [0.15, 0.2) is 48.3 Å². The number of nitrogens with one attached hydrogen (secondary N) is 1. The zero-order chi connectivity index (χ0) is 17.3. The number of amides is 4. The van der Waals surface area contributed by atoms with Crippen molar-refractivity contribution in [3.8, 4) is 5.75 Å². The summed E-state index contributed by atoms with van der Waals surface area (Å²) in [6, 6.07) is 6.34. The third-order valence-corrected chi connectivity index (χ3v) is 3.61. The van der Waals surface area contributed by atoms with Gasteiger partial charge in [0.1, 0.15) is 11.3 Å². The average molecular weight is 344 g/mol. The van der Waals surface area contributed by atoms with Crippen molar-refractivity contribution < 1.29 is 19.5 Å². The molecule has 0 aliphatic carbocycles. The number of halogens is 1. The van der Waals surface area contributed by atoms with Crippen LogP contribution < -0.4 is 10.2 Å². The van der Waals surface area contributed by atoms with E-state index in [1.54, 1.807) is 0 Å². The Morgan fingerprint density at radius 1 is 1.12 bits per heavy atom. The monoisotopic (exact) mass is 343 g/mol. The van der Waals surface area contributed by atoms with Crippen molar-refractivity contribution in [2.45, 2.75) is 0 Å². The van der Waals surface area contributed by atoms with Gasteiger partial charge in [0, 0.05) is 12.4 Å². The molecule has 2 aromatic rings. The second-order valence-electron chi connectivity index (χ2n) is 4.87. The number of imide groups is 2. The third kappa shape index (κ3) is 2.84. The maximum Gasteiger partial charge on any atom is 0.335 e. The van der Waals surface area contributed by atoms with E-state index in [4.69, 9.17) is 11.6 Å². The van der Waals surface area contributed by atoms with Crippen LogP contribution in [0.4, 0.5) is 10.5 Å². The summed E-state index contributed by atoms with van der Waals surface area (Å²) < 4.78 is 0. The van der Waals surface area contributed by atoms with Gasteiger partial charge in [-0.2, -0.15) is 0 Å². The van der Waals surface area contributed by atoms with Gasteiger partial charge in [-0.15, -0.1) is 0 Å². The number of pyridine rings is 1. The minimum Gasteiger partial charge on any atom is -0.506 e. The Morgan fingerprint density at radius 2 is 1.83 bits per heavy atom. The fourth-order valence-electron chi connectivity index (χ4n) is 2.16. The summed E-state index contributed by atoms with van der Waals surface area (Å²) in [5.74, 6) is -1.69. The van der Waals surface area contributed by atoms with Gasteiger partial charge in [-0.3, -0.25) is 19.9 Å². The first-order valence-corrected chi connectivity index (χ1v) is 7.15. The number of hydrogen-bond acceptors (Lipinski definition) is 5. The molecule has 4 amide bonds. The molecule has 1 aromatic heterocycles. The molecule has 1 aromatic carbocycles. The molecule has 0 radical (unpaired) electrons. The Morgan fingerprint density at radius 3 is 2.50 bits per heavy atom. The minimum atomic E-state index is -0.836. The van der Waals surface area contributed by atoms with Crippen LogP contribution in [0.25, 0.3) is 6.08 Å². The Bertz CT molecular complexity index is 880. The van der Waals surface area contributed by atoms with Gasteiger partial charge in [-0.1, -0.05) is 17.7 Å². The van der Waals surface area contributed by atoms with Crippen molar-refractivity contribution in [3.05, 3.63) is 58.9 Å². The number of phenolic OH excluding ortho intramolecular Hbond substituents is 1. The van der Waals surface area contributed by atoms with Crippen LogP contribution in [0.3, 0.4) is 0 Å². The highest BCUT2D eigenvalue weighted by molar-refractivity contribution is 6.39. The van der Waals surface area contributed by atoms with Crippen LogP contribution in [0.2, 0.25) is 5.02 Å². The van der Waals surface area contributed by atoms with Crippen molar-refractivity contribution in [3.63, 3.8) is 0 Å². The number of aromatic hydroxyl groups is 1. The summed E-state index contributed by atoms with van der Waals surface area (Å²) in [4.78, 5) is 41.2. The summed E-state index contributed by atoms with van der Waals surface area (Å²) in [7, 11) is 0. The molecular formula is C16H10ClN3O4. The van der Waals surface area contributed by atoms with Gasteiger partial charge in [0.05, 0.1) is 10.7 Å². The number of barbiturate groups is 1. The lowest BCUT2D eigenvalue weighted by atomic mass is 10.1. The number of urea groups is 1. The highest BCUT2D eigenvalue weighted by atomic mass is 35.5. The molecule has 0 saturated carbocycles. The number of rotatable bonds is 2. The largest absolute Gasteiger partial charge is 0.506 e. The number of aromatic nitrogens is 1. The van der Waals surface area contributed by atoms with Crippen LogP contribution in [0.5, 0.6) is 5.75 Å². The lowest BCUT2D eigenvalue weighted by molar-refractivity contribution is -0.122. The normalized spacial score (nSPS) is 16.5. The van der Waals surface area contributed by atoms with Gasteiger partial charge in [0.15, 0.2) is 0 Å². The van der Waals surface area contributed by atoms with Crippen molar-refractivity contribution in [2.24, 2.45) is 0 Å². The first-order valence-electron chi connectivity index (χ1n) is 6.77. The molecule has 120 valence electrons. The molecule has 1 fully saturated rings. The summed E-state index contributed by atoms with van der Waals surface area (Å²) in [5.41, 5.74) is 0.489. The zero-order valence-electron chi connectivity index (χ0n) is 12.1. The fourth-order valence-corrected chi connectivity index (χ4v) is 2.35. The van der Waals surface area contributed by atoms with Crippen molar-refractivity contribution in [2.75, 3.05) is 4.90 Å². The van der Waals surface area contributed by atoms with E-state index in [9.17, 15) is 19.5 Å². The maximum atomic E-state index is 12.6. The summed E-state index contributed by atoms with van der Waals surface area (Å²) >= 11 is 5.82. The SMILES string of the molecule is O=C1NC(=O)N(c2ccncc2)C(=O)/C1=C/c1ccc(O)c(Cl)c1. The van der Waals surface area contributed by atoms with E-state index in [1.165, 1.54) is 48.8 Å². The Hall–Kier alpha value is -3.19. The van der Waals surface area contributed by atoms with Crippen LogP contribution >= 0.6 is 11.6 Å². The van der Waals surface area contributed by atoms with Gasteiger partial charge in [-0.05, 0) is 35.9 Å². The van der Waals surface area contributed by atoms with Gasteiger partial charge in [0.25, 0.3) is 11.8 Å². The Labute approximate surface area is 141 Å². The van der Waals surface area contributed by atoms with Gasteiger partial charge >= 0.3 is 6.03 Å². The third-order valence-electron chi connectivity index (χ3n) is 3.31. The smallest absolute Gasteiger partial charge is 0.335 e. The van der Waals surface area contributed by atoms with E-state index in [-0.39, 0.29) is 22.0 Å². The number of nitrogens with zero attached hydrogens (tertiary/aromatic N) is 2. The molecule has 1 saturated heterocycles. The van der Waals surface area contributed by atoms with Crippen LogP contribution in [0, 0.1) is 0 Å². The molecule has 1 aliphatic rings. The van der Waals surface area contributed by atoms with E-state index in [0.717, 1.165) is 4.90 Å². The van der Waals surface area contributed by atoms with Crippen LogP contribution in [-0.2, 0) is 9.59 Å². The van der Waals surface area contributed by atoms with Crippen molar-refractivity contribution in [1.29, 1.82) is 0 Å². The molecule has 7 nitrogen and oxygen atoms in total. The molecular weight excluding hydrogens is 334 g/mol. The molecule has 3 rings (SSSR count). The zero-order valence-corrected chi connectivity index (χ0v) is 12.8. The molecule has 0 spiro atoms. The first-order chi connectivity index (χ1) is 11.5. The summed E-state index contributed by atoms with van der Waals surface area (Å²) in [6.07, 6.45) is 4.15. The predicted molar refractivity (Wildman–Crippen MR) is 86.4 cm³/mol. The quantitative estimate of drug-likeness (QED) is 0.642. The van der Waals surface area contributed by atoms with Gasteiger partial charge < -0.3 is 5.11 Å². The number of carbonyl (C=O) groups excluding carboxylic acids is 3. The number of phenols is 1. The maximum absolute atomic E-state index is 12.6. The molecule has 2 N–H and O–H groups in total. The molecule has 0 atom stereocenters. The number of anilines is 1. The minimum absolute atomic E-state index is 0.0788. The topological polar surface area (TPSA) is 99.6 Å².